The van der Waals surface area contributed by atoms with Gasteiger partial charge in [0.25, 0.3) is 0 Å². The molecule has 0 spiro atoms. The van der Waals surface area contributed by atoms with E-state index < -0.39 is 17.6 Å². The summed E-state index contributed by atoms with van der Waals surface area (Å²) in [6, 6.07) is 10.3. The minimum atomic E-state index is -4.48. The van der Waals surface area contributed by atoms with Crippen molar-refractivity contribution in [1.29, 1.82) is 0 Å². The number of aliphatic imine (C=N–C) groups is 1. The summed E-state index contributed by atoms with van der Waals surface area (Å²) in [4.78, 5) is 18.4. The van der Waals surface area contributed by atoms with Crippen LogP contribution >= 0.6 is 11.6 Å². The van der Waals surface area contributed by atoms with Gasteiger partial charge in [-0.2, -0.15) is 13.2 Å². The van der Waals surface area contributed by atoms with Gasteiger partial charge in [-0.1, -0.05) is 17.7 Å². The van der Waals surface area contributed by atoms with Gasteiger partial charge >= 0.3 is 6.18 Å². The lowest BCUT2D eigenvalue weighted by molar-refractivity contribution is -0.137. The highest BCUT2D eigenvalue weighted by Crippen LogP contribution is 2.36. The molecule has 0 radical (unpaired) electrons. The van der Waals surface area contributed by atoms with E-state index in [4.69, 9.17) is 11.6 Å². The Morgan fingerprint density at radius 1 is 0.944 bits per heavy atom. The van der Waals surface area contributed by atoms with E-state index in [0.717, 1.165) is 17.3 Å². The number of alkyl halides is 3. The molecule has 0 N–H and O–H groups in total. The molecule has 6 nitrogen and oxygen atoms in total. The maximum atomic E-state index is 13.8. The fourth-order valence-electron chi connectivity index (χ4n) is 4.35. The van der Waals surface area contributed by atoms with Crippen LogP contribution in [0.25, 0.3) is 0 Å². The number of piperazine rings is 1. The minimum absolute atomic E-state index is 0.0144. The van der Waals surface area contributed by atoms with Crippen molar-refractivity contribution >= 4 is 29.4 Å². The minimum Gasteiger partial charge on any atom is -0.353 e. The van der Waals surface area contributed by atoms with Gasteiger partial charge in [-0.25, -0.2) is 14.4 Å². The van der Waals surface area contributed by atoms with E-state index in [9.17, 15) is 17.6 Å². The molecule has 5 rings (SSSR count). The zero-order valence-electron chi connectivity index (χ0n) is 18.9. The molecule has 1 aromatic carbocycles. The summed E-state index contributed by atoms with van der Waals surface area (Å²) in [5, 5.41) is 0.0144. The van der Waals surface area contributed by atoms with Crippen LogP contribution in [0.1, 0.15) is 17.2 Å². The van der Waals surface area contributed by atoms with Gasteiger partial charge in [0.15, 0.2) is 0 Å². The highest BCUT2D eigenvalue weighted by Gasteiger charge is 2.36. The lowest BCUT2D eigenvalue weighted by atomic mass is 10.0. The molecule has 1 atom stereocenters. The number of hydrogen-bond acceptors (Lipinski definition) is 6. The van der Waals surface area contributed by atoms with E-state index >= 15 is 0 Å². The van der Waals surface area contributed by atoms with Gasteiger partial charge in [-0.3, -0.25) is 4.98 Å². The number of anilines is 2. The molecular formula is C25H21ClF4N6. The third-order valence-electron chi connectivity index (χ3n) is 6.15. The fraction of sp³-hybridized carbons (Fsp3) is 0.240. The molecule has 36 heavy (non-hydrogen) atoms. The Balaban J connectivity index is 1.39. The quantitative estimate of drug-likeness (QED) is 0.426. The first-order valence-electron chi connectivity index (χ1n) is 11.2. The van der Waals surface area contributed by atoms with Crippen molar-refractivity contribution in [2.24, 2.45) is 4.99 Å². The van der Waals surface area contributed by atoms with E-state index in [1.165, 1.54) is 18.3 Å². The van der Waals surface area contributed by atoms with Gasteiger partial charge in [0.1, 0.15) is 17.5 Å². The maximum Gasteiger partial charge on any atom is 0.419 e. The zero-order valence-corrected chi connectivity index (χ0v) is 19.7. The molecule has 2 aromatic heterocycles. The molecular weight excluding hydrogens is 496 g/mol. The average molecular weight is 517 g/mol. The smallest absolute Gasteiger partial charge is 0.353 e. The van der Waals surface area contributed by atoms with Crippen molar-refractivity contribution in [3.8, 4) is 0 Å². The standard InChI is InChI=1S/C25H21ClF4N6/c26-20-13-17(5-6-21(20)27)22-14-23(33-16-36(22)18-3-1-7-31-15-18)34-9-11-35(12-10-34)24-19(25(28,29)30)4-2-8-32-24/h1-8,13-16,22H,9-12H2. The summed E-state index contributed by atoms with van der Waals surface area (Å²) in [5.74, 6) is 0.107. The monoisotopic (exact) mass is 516 g/mol. The third-order valence-corrected chi connectivity index (χ3v) is 6.44. The number of aromatic nitrogens is 2. The molecule has 11 heteroatoms. The van der Waals surface area contributed by atoms with Crippen LogP contribution < -0.4 is 9.80 Å². The van der Waals surface area contributed by atoms with Crippen LogP contribution in [0.3, 0.4) is 0 Å². The van der Waals surface area contributed by atoms with Gasteiger partial charge < -0.3 is 14.7 Å². The molecule has 1 saturated heterocycles. The summed E-state index contributed by atoms with van der Waals surface area (Å²) in [7, 11) is 0. The Kier molecular flexibility index (Phi) is 6.53. The van der Waals surface area contributed by atoms with Crippen LogP contribution in [-0.2, 0) is 6.18 Å². The van der Waals surface area contributed by atoms with Crippen LogP contribution in [-0.4, -0.2) is 47.4 Å². The Hall–Kier alpha value is -3.66. The van der Waals surface area contributed by atoms with Crippen LogP contribution in [0, 0.1) is 5.82 Å². The fourth-order valence-corrected chi connectivity index (χ4v) is 4.54. The number of benzene rings is 1. The van der Waals surface area contributed by atoms with Crippen LogP contribution in [0.2, 0.25) is 5.02 Å². The van der Waals surface area contributed by atoms with Crippen molar-refractivity contribution in [3.63, 3.8) is 0 Å². The lowest BCUT2D eigenvalue weighted by Crippen LogP contribution is -2.47. The molecule has 2 aliphatic heterocycles. The predicted molar refractivity (Wildman–Crippen MR) is 130 cm³/mol. The van der Waals surface area contributed by atoms with Gasteiger partial charge in [-0.05, 0) is 48.0 Å². The molecule has 0 saturated carbocycles. The molecule has 0 bridgehead atoms. The van der Waals surface area contributed by atoms with Crippen LogP contribution in [0.4, 0.5) is 29.1 Å². The number of pyridine rings is 2. The van der Waals surface area contributed by atoms with Crippen LogP contribution in [0.15, 0.2) is 77.9 Å². The highest BCUT2D eigenvalue weighted by atomic mass is 35.5. The predicted octanol–water partition coefficient (Wildman–Crippen LogP) is 5.54. The Morgan fingerprint density at radius 3 is 2.39 bits per heavy atom. The second-order valence-electron chi connectivity index (χ2n) is 8.35. The Labute approximate surface area is 210 Å². The number of rotatable bonds is 4. The normalized spacial score (nSPS) is 18.4. The SMILES string of the molecule is Fc1ccc(C2C=C(N3CCN(c4ncccc4C(F)(F)F)CC3)N=CN2c2cccnc2)cc1Cl. The zero-order chi connectivity index (χ0) is 25.3. The van der Waals surface area contributed by atoms with Crippen molar-refractivity contribution in [3.05, 3.63) is 94.9 Å². The van der Waals surface area contributed by atoms with E-state index in [-0.39, 0.29) is 16.9 Å². The molecule has 1 unspecified atom stereocenters. The van der Waals surface area contributed by atoms with E-state index in [2.05, 4.69) is 15.0 Å². The summed E-state index contributed by atoms with van der Waals surface area (Å²) in [6.07, 6.45) is 3.88. The summed E-state index contributed by atoms with van der Waals surface area (Å²) < 4.78 is 54.2. The Bertz CT molecular complexity index is 1290. The van der Waals surface area contributed by atoms with Gasteiger partial charge in [0, 0.05) is 38.6 Å². The number of halogens is 5. The molecule has 186 valence electrons. The van der Waals surface area contributed by atoms with Gasteiger partial charge in [0.05, 0.1) is 34.9 Å². The van der Waals surface area contributed by atoms with Gasteiger partial charge in [0.2, 0.25) is 0 Å². The summed E-state index contributed by atoms with van der Waals surface area (Å²) in [6.45, 7) is 1.63. The van der Waals surface area contributed by atoms with Gasteiger partial charge in [-0.15, -0.1) is 0 Å². The first-order valence-corrected chi connectivity index (χ1v) is 11.6. The second kappa shape index (κ2) is 9.77. The van der Waals surface area contributed by atoms with E-state index in [1.807, 2.05) is 28.0 Å². The van der Waals surface area contributed by atoms with Crippen molar-refractivity contribution < 1.29 is 17.6 Å². The molecule has 0 aliphatic carbocycles. The van der Waals surface area contributed by atoms with E-state index in [1.54, 1.807) is 35.8 Å². The van der Waals surface area contributed by atoms with Crippen molar-refractivity contribution in [1.82, 2.24) is 14.9 Å². The first kappa shape index (κ1) is 24.1. The molecule has 1 fully saturated rings. The number of nitrogens with zero attached hydrogens (tertiary/aromatic N) is 6. The topological polar surface area (TPSA) is 47.9 Å². The molecule has 3 aromatic rings. The summed E-state index contributed by atoms with van der Waals surface area (Å²) >= 11 is 6.07. The largest absolute Gasteiger partial charge is 0.419 e. The first-order chi connectivity index (χ1) is 17.3. The molecule has 0 amide bonds. The van der Waals surface area contributed by atoms with Crippen molar-refractivity contribution in [2.75, 3.05) is 36.0 Å². The third kappa shape index (κ3) is 4.86. The Morgan fingerprint density at radius 2 is 1.69 bits per heavy atom. The van der Waals surface area contributed by atoms with Crippen molar-refractivity contribution in [2.45, 2.75) is 12.2 Å². The average Bonchev–Trinajstić information content (AvgIpc) is 2.90. The number of hydrogen-bond donors (Lipinski definition) is 0. The van der Waals surface area contributed by atoms with Crippen LogP contribution in [0.5, 0.6) is 0 Å². The lowest BCUT2D eigenvalue weighted by Gasteiger charge is -2.39. The second-order valence-corrected chi connectivity index (χ2v) is 8.76. The molecule has 4 heterocycles. The summed E-state index contributed by atoms with van der Waals surface area (Å²) in [5.41, 5.74) is 0.811. The highest BCUT2D eigenvalue weighted by molar-refractivity contribution is 6.30. The van der Waals surface area contributed by atoms with E-state index in [0.29, 0.717) is 32.0 Å². The molecule has 2 aliphatic rings. The maximum absolute atomic E-state index is 13.8.